The third kappa shape index (κ3) is 3.45. The molecule has 140 valence electrons. The highest BCUT2D eigenvalue weighted by molar-refractivity contribution is 6.01. The lowest BCUT2D eigenvalue weighted by Gasteiger charge is -2.20. The van der Waals surface area contributed by atoms with Gasteiger partial charge in [-0.1, -0.05) is 13.8 Å². The van der Waals surface area contributed by atoms with Crippen molar-refractivity contribution in [2.75, 3.05) is 22.9 Å². The maximum Gasteiger partial charge on any atom is 0.227 e. The Morgan fingerprint density at radius 3 is 2.77 bits per heavy atom. The first-order valence-corrected chi connectivity index (χ1v) is 9.48. The van der Waals surface area contributed by atoms with Crippen molar-refractivity contribution < 1.29 is 14.4 Å². The molecule has 3 rings (SSSR count). The first kappa shape index (κ1) is 18.4. The molecule has 1 N–H and O–H groups in total. The van der Waals surface area contributed by atoms with Gasteiger partial charge in [-0.2, -0.15) is 0 Å². The van der Waals surface area contributed by atoms with Crippen LogP contribution >= 0.6 is 0 Å². The van der Waals surface area contributed by atoms with Crippen LogP contribution in [-0.4, -0.2) is 36.9 Å². The van der Waals surface area contributed by atoms with Gasteiger partial charge in [-0.05, 0) is 43.5 Å². The Morgan fingerprint density at radius 2 is 2.08 bits per heavy atom. The molecule has 0 aliphatic carbocycles. The van der Waals surface area contributed by atoms with Crippen molar-refractivity contribution in [2.45, 2.75) is 52.5 Å². The van der Waals surface area contributed by atoms with Gasteiger partial charge in [-0.25, -0.2) is 0 Å². The van der Waals surface area contributed by atoms with E-state index in [4.69, 9.17) is 0 Å². The largest absolute Gasteiger partial charge is 0.353 e. The molecule has 1 saturated heterocycles. The normalized spacial score (nSPS) is 20.3. The van der Waals surface area contributed by atoms with Gasteiger partial charge in [0.25, 0.3) is 0 Å². The van der Waals surface area contributed by atoms with Gasteiger partial charge in [0.15, 0.2) is 0 Å². The van der Waals surface area contributed by atoms with Crippen LogP contribution in [0, 0.1) is 5.92 Å². The topological polar surface area (TPSA) is 69.7 Å². The smallest absolute Gasteiger partial charge is 0.227 e. The van der Waals surface area contributed by atoms with E-state index in [1.54, 1.807) is 4.90 Å². The number of fused-ring (bicyclic) bond motifs is 1. The number of amides is 3. The van der Waals surface area contributed by atoms with E-state index in [9.17, 15) is 14.4 Å². The summed E-state index contributed by atoms with van der Waals surface area (Å²) in [6.45, 7) is 6.96. The van der Waals surface area contributed by atoms with Crippen LogP contribution in [0.15, 0.2) is 18.2 Å². The minimum Gasteiger partial charge on any atom is -0.353 e. The molecule has 1 aromatic rings. The summed E-state index contributed by atoms with van der Waals surface area (Å²) in [6, 6.07) is 5.91. The SMILES string of the molecule is CCC(=O)N1CCc2cc(N3C[C@H](C(=O)N[C@@H](C)CC)CC3=O)ccc21. The summed E-state index contributed by atoms with van der Waals surface area (Å²) in [5, 5.41) is 2.97. The first-order chi connectivity index (χ1) is 12.4. The molecule has 2 aliphatic heterocycles. The molecule has 0 aromatic heterocycles. The number of benzene rings is 1. The van der Waals surface area contributed by atoms with Gasteiger partial charge < -0.3 is 15.1 Å². The van der Waals surface area contributed by atoms with E-state index in [1.165, 1.54) is 0 Å². The van der Waals surface area contributed by atoms with E-state index in [0.717, 1.165) is 29.8 Å². The molecule has 2 aliphatic rings. The summed E-state index contributed by atoms with van der Waals surface area (Å²) >= 11 is 0. The number of nitrogens with one attached hydrogen (secondary N) is 1. The molecule has 0 spiro atoms. The first-order valence-electron chi connectivity index (χ1n) is 9.48. The summed E-state index contributed by atoms with van der Waals surface area (Å²) < 4.78 is 0. The van der Waals surface area contributed by atoms with E-state index >= 15 is 0 Å². The van der Waals surface area contributed by atoms with Gasteiger partial charge in [-0.15, -0.1) is 0 Å². The third-order valence-corrected chi connectivity index (χ3v) is 5.37. The van der Waals surface area contributed by atoms with E-state index < -0.39 is 0 Å². The lowest BCUT2D eigenvalue weighted by molar-refractivity contribution is -0.126. The van der Waals surface area contributed by atoms with Crippen LogP contribution in [0.1, 0.15) is 45.6 Å². The third-order valence-electron chi connectivity index (χ3n) is 5.37. The second-order valence-corrected chi connectivity index (χ2v) is 7.19. The van der Waals surface area contributed by atoms with E-state index in [2.05, 4.69) is 5.32 Å². The molecule has 26 heavy (non-hydrogen) atoms. The fourth-order valence-corrected chi connectivity index (χ4v) is 3.60. The Kier molecular flexibility index (Phi) is 5.30. The Hall–Kier alpha value is -2.37. The van der Waals surface area contributed by atoms with E-state index in [1.807, 2.05) is 43.9 Å². The predicted molar refractivity (Wildman–Crippen MR) is 101 cm³/mol. The number of hydrogen-bond acceptors (Lipinski definition) is 3. The molecule has 6 heteroatoms. The maximum atomic E-state index is 12.4. The standard InChI is InChI=1S/C20H27N3O3/c1-4-13(3)21-20(26)15-11-19(25)23(12-15)16-6-7-17-14(10-16)8-9-22(17)18(24)5-2/h6-7,10,13,15H,4-5,8-9,11-12H2,1-3H3,(H,21,26)/t13-,15+/m0/s1. The summed E-state index contributed by atoms with van der Waals surface area (Å²) in [7, 11) is 0. The van der Waals surface area contributed by atoms with Crippen molar-refractivity contribution >= 4 is 29.1 Å². The second kappa shape index (κ2) is 7.48. The average molecular weight is 357 g/mol. The molecule has 1 fully saturated rings. The van der Waals surface area contributed by atoms with Crippen LogP contribution in [0.3, 0.4) is 0 Å². The molecule has 0 bridgehead atoms. The van der Waals surface area contributed by atoms with Crippen molar-refractivity contribution in [3.63, 3.8) is 0 Å². The Labute approximate surface area is 154 Å². The molecule has 2 atom stereocenters. The van der Waals surface area contributed by atoms with Gasteiger partial charge in [-0.3, -0.25) is 14.4 Å². The molecule has 1 aromatic carbocycles. The number of rotatable bonds is 5. The van der Waals surface area contributed by atoms with Crippen molar-refractivity contribution in [3.05, 3.63) is 23.8 Å². The van der Waals surface area contributed by atoms with Crippen LogP contribution in [0.25, 0.3) is 0 Å². The highest BCUT2D eigenvalue weighted by Crippen LogP contribution is 2.34. The van der Waals surface area contributed by atoms with Crippen molar-refractivity contribution in [1.29, 1.82) is 0 Å². The summed E-state index contributed by atoms with van der Waals surface area (Å²) in [6.07, 6.45) is 2.40. The van der Waals surface area contributed by atoms with Gasteiger partial charge in [0.1, 0.15) is 0 Å². The number of hydrogen-bond donors (Lipinski definition) is 1. The Bertz CT molecular complexity index is 731. The monoisotopic (exact) mass is 357 g/mol. The van der Waals surface area contributed by atoms with Crippen molar-refractivity contribution in [2.24, 2.45) is 5.92 Å². The fraction of sp³-hybridized carbons (Fsp3) is 0.550. The molecule has 0 saturated carbocycles. The predicted octanol–water partition coefficient (Wildman–Crippen LogP) is 2.25. The molecule has 6 nitrogen and oxygen atoms in total. The minimum atomic E-state index is -0.303. The quantitative estimate of drug-likeness (QED) is 0.879. The van der Waals surface area contributed by atoms with Crippen molar-refractivity contribution in [3.8, 4) is 0 Å². The van der Waals surface area contributed by atoms with Gasteiger partial charge in [0, 0.05) is 43.3 Å². The van der Waals surface area contributed by atoms with Crippen LogP contribution < -0.4 is 15.1 Å². The molecule has 0 unspecified atom stereocenters. The average Bonchev–Trinajstić information content (AvgIpc) is 3.23. The van der Waals surface area contributed by atoms with E-state index in [0.29, 0.717) is 19.5 Å². The number of nitrogens with zero attached hydrogens (tertiary/aromatic N) is 2. The lowest BCUT2D eigenvalue weighted by atomic mass is 10.1. The maximum absolute atomic E-state index is 12.4. The second-order valence-electron chi connectivity index (χ2n) is 7.19. The van der Waals surface area contributed by atoms with E-state index in [-0.39, 0.29) is 36.1 Å². The molecular formula is C20H27N3O3. The zero-order valence-electron chi connectivity index (χ0n) is 15.7. The molecular weight excluding hydrogens is 330 g/mol. The summed E-state index contributed by atoms with van der Waals surface area (Å²) in [5.41, 5.74) is 2.85. The van der Waals surface area contributed by atoms with Gasteiger partial charge >= 0.3 is 0 Å². The Balaban J connectivity index is 1.73. The van der Waals surface area contributed by atoms with Crippen LogP contribution in [0.4, 0.5) is 11.4 Å². The lowest BCUT2D eigenvalue weighted by Crippen LogP contribution is -2.38. The van der Waals surface area contributed by atoms with Crippen LogP contribution in [0.2, 0.25) is 0 Å². The highest BCUT2D eigenvalue weighted by atomic mass is 16.2. The molecule has 2 heterocycles. The summed E-state index contributed by atoms with van der Waals surface area (Å²) in [4.78, 5) is 40.3. The van der Waals surface area contributed by atoms with Crippen molar-refractivity contribution in [1.82, 2.24) is 5.32 Å². The fourth-order valence-electron chi connectivity index (χ4n) is 3.60. The summed E-state index contributed by atoms with van der Waals surface area (Å²) in [5.74, 6) is -0.247. The zero-order valence-corrected chi connectivity index (χ0v) is 15.7. The minimum absolute atomic E-state index is 0.0197. The van der Waals surface area contributed by atoms with Crippen LogP contribution in [-0.2, 0) is 20.8 Å². The number of anilines is 2. The van der Waals surface area contributed by atoms with Gasteiger partial charge in [0.2, 0.25) is 17.7 Å². The molecule has 0 radical (unpaired) electrons. The Morgan fingerprint density at radius 1 is 1.31 bits per heavy atom. The molecule has 3 amide bonds. The highest BCUT2D eigenvalue weighted by Gasteiger charge is 2.36. The number of carbonyl (C=O) groups excluding carboxylic acids is 3. The zero-order chi connectivity index (χ0) is 18.8. The number of carbonyl (C=O) groups is 3. The van der Waals surface area contributed by atoms with Gasteiger partial charge in [0.05, 0.1) is 5.92 Å². The van der Waals surface area contributed by atoms with Crippen LogP contribution in [0.5, 0.6) is 0 Å².